The molecule has 1 amide bonds. The number of carbonyl (C=O) groups is 2. The molecule has 0 spiro atoms. The van der Waals surface area contributed by atoms with Crippen molar-refractivity contribution in [2.24, 2.45) is 5.92 Å². The number of halogens is 1. The minimum Gasteiger partial charge on any atom is -0.444 e. The minimum atomic E-state index is -0.912. The molecule has 1 heterocycles. The summed E-state index contributed by atoms with van der Waals surface area (Å²) in [5.41, 5.74) is -0.525. The van der Waals surface area contributed by atoms with Crippen LogP contribution in [0.2, 0.25) is 5.02 Å². The second-order valence-electron chi connectivity index (χ2n) is 7.78. The third kappa shape index (κ3) is 5.25. The lowest BCUT2D eigenvalue weighted by molar-refractivity contribution is -0.137. The van der Waals surface area contributed by atoms with Gasteiger partial charge in [-0.1, -0.05) is 25.4 Å². The van der Waals surface area contributed by atoms with Gasteiger partial charge >= 0.3 is 17.7 Å². The predicted octanol–water partition coefficient (Wildman–Crippen LogP) is 4.21. The molecule has 0 radical (unpaired) electrons. The number of hydrogen-bond donors (Lipinski definition) is 1. The first-order valence-corrected chi connectivity index (χ1v) is 9.21. The molecule has 1 aromatic heterocycles. The molecule has 0 aliphatic carbocycles. The highest BCUT2D eigenvalue weighted by atomic mass is 35.5. The van der Waals surface area contributed by atoms with E-state index < -0.39 is 29.3 Å². The topological polar surface area (TPSA) is 94.8 Å². The van der Waals surface area contributed by atoms with Crippen LogP contribution in [-0.2, 0) is 9.53 Å². The summed E-state index contributed by atoms with van der Waals surface area (Å²) in [5.74, 6) is -0.716. The zero-order chi connectivity index (χ0) is 21.2. The van der Waals surface area contributed by atoms with Gasteiger partial charge < -0.3 is 19.2 Å². The zero-order valence-corrected chi connectivity index (χ0v) is 17.5. The van der Waals surface area contributed by atoms with Gasteiger partial charge in [0.2, 0.25) is 0 Å². The first-order valence-electron chi connectivity index (χ1n) is 8.83. The highest BCUT2D eigenvalue weighted by Crippen LogP contribution is 2.26. The molecule has 2 rings (SSSR count). The van der Waals surface area contributed by atoms with Gasteiger partial charge in [0.15, 0.2) is 0 Å². The van der Waals surface area contributed by atoms with Gasteiger partial charge in [0, 0.05) is 11.5 Å². The second-order valence-corrected chi connectivity index (χ2v) is 8.15. The van der Waals surface area contributed by atoms with E-state index in [1.54, 1.807) is 53.7 Å². The van der Waals surface area contributed by atoms with E-state index in [1.165, 1.54) is 6.07 Å². The lowest BCUT2D eigenvalue weighted by Gasteiger charge is -2.24. The molecule has 2 aromatic rings. The highest BCUT2D eigenvalue weighted by Gasteiger charge is 2.28. The Morgan fingerprint density at radius 1 is 1.21 bits per heavy atom. The molecular formula is C20H24ClNO6. The first-order chi connectivity index (χ1) is 12.9. The monoisotopic (exact) mass is 409 g/mol. The third-order valence-electron chi connectivity index (χ3n) is 3.88. The van der Waals surface area contributed by atoms with Crippen LogP contribution in [0.1, 0.15) is 40.2 Å². The molecule has 152 valence electrons. The van der Waals surface area contributed by atoms with E-state index in [4.69, 9.17) is 25.5 Å². The van der Waals surface area contributed by atoms with Crippen LogP contribution in [-0.4, -0.2) is 23.7 Å². The Morgan fingerprint density at radius 3 is 2.43 bits per heavy atom. The number of fused-ring (bicyclic) bond motifs is 1. The second kappa shape index (κ2) is 8.22. The van der Waals surface area contributed by atoms with Crippen molar-refractivity contribution in [2.75, 3.05) is 0 Å². The molecule has 0 fully saturated rings. The number of benzene rings is 1. The van der Waals surface area contributed by atoms with Gasteiger partial charge in [-0.15, -0.1) is 0 Å². The summed E-state index contributed by atoms with van der Waals surface area (Å²) >= 11 is 5.91. The summed E-state index contributed by atoms with van der Waals surface area (Å²) in [4.78, 5) is 36.3. The van der Waals surface area contributed by atoms with Crippen molar-refractivity contribution in [3.05, 3.63) is 39.2 Å². The van der Waals surface area contributed by atoms with Crippen LogP contribution in [0.3, 0.4) is 0 Å². The van der Waals surface area contributed by atoms with Crippen LogP contribution in [0.25, 0.3) is 11.0 Å². The molecule has 0 saturated carbocycles. The van der Waals surface area contributed by atoms with Gasteiger partial charge in [-0.2, -0.15) is 0 Å². The van der Waals surface area contributed by atoms with Crippen molar-refractivity contribution in [3.63, 3.8) is 0 Å². The molecule has 28 heavy (non-hydrogen) atoms. The lowest BCUT2D eigenvalue weighted by Crippen LogP contribution is -2.48. The van der Waals surface area contributed by atoms with Crippen LogP contribution in [0.5, 0.6) is 5.75 Å². The molecule has 0 aliphatic rings. The fourth-order valence-corrected chi connectivity index (χ4v) is 2.63. The summed E-state index contributed by atoms with van der Waals surface area (Å²) in [7, 11) is 0. The number of nitrogens with one attached hydrogen (secondary N) is 1. The van der Waals surface area contributed by atoms with Gasteiger partial charge in [0.05, 0.1) is 0 Å². The number of carbonyl (C=O) groups excluding carboxylic acids is 2. The van der Waals surface area contributed by atoms with E-state index in [1.807, 2.05) is 0 Å². The van der Waals surface area contributed by atoms with Gasteiger partial charge in [-0.05, 0) is 51.3 Å². The maximum Gasteiger partial charge on any atom is 0.408 e. The number of alkyl carbamates (subject to hydrolysis) is 1. The number of ether oxygens (including phenoxy) is 2. The Balaban J connectivity index is 2.22. The van der Waals surface area contributed by atoms with Crippen LogP contribution in [0.4, 0.5) is 4.79 Å². The summed E-state index contributed by atoms with van der Waals surface area (Å²) in [5, 5.41) is 3.18. The van der Waals surface area contributed by atoms with Crippen LogP contribution >= 0.6 is 11.6 Å². The van der Waals surface area contributed by atoms with E-state index >= 15 is 0 Å². The molecule has 0 aliphatic heterocycles. The van der Waals surface area contributed by atoms with E-state index in [0.717, 1.165) is 0 Å². The van der Waals surface area contributed by atoms with E-state index in [2.05, 4.69) is 5.32 Å². The van der Waals surface area contributed by atoms with Gasteiger partial charge in [0.1, 0.15) is 28.0 Å². The first kappa shape index (κ1) is 21.8. The molecule has 0 bridgehead atoms. The smallest absolute Gasteiger partial charge is 0.408 e. The summed E-state index contributed by atoms with van der Waals surface area (Å²) in [6.45, 7) is 10.4. The zero-order valence-electron chi connectivity index (χ0n) is 16.7. The van der Waals surface area contributed by atoms with Crippen LogP contribution in [0, 0.1) is 12.8 Å². The molecule has 1 atom stereocenters. The Bertz CT molecular complexity index is 958. The van der Waals surface area contributed by atoms with E-state index in [9.17, 15) is 14.4 Å². The van der Waals surface area contributed by atoms with Crippen molar-refractivity contribution in [3.8, 4) is 5.75 Å². The average Bonchev–Trinajstić information content (AvgIpc) is 2.55. The predicted molar refractivity (Wildman–Crippen MR) is 106 cm³/mol. The van der Waals surface area contributed by atoms with Crippen molar-refractivity contribution < 1.29 is 23.5 Å². The van der Waals surface area contributed by atoms with E-state index in [0.29, 0.717) is 10.9 Å². The molecule has 1 aromatic carbocycles. The Morgan fingerprint density at radius 2 is 1.86 bits per heavy atom. The fraction of sp³-hybridized carbons (Fsp3) is 0.450. The van der Waals surface area contributed by atoms with Gasteiger partial charge in [-0.25, -0.2) is 14.4 Å². The molecule has 8 heteroatoms. The van der Waals surface area contributed by atoms with Crippen molar-refractivity contribution in [2.45, 2.75) is 53.2 Å². The summed E-state index contributed by atoms with van der Waals surface area (Å²) < 4.78 is 15.7. The SMILES string of the molecule is Cc1c(Cl)c(=O)oc2cc(OC(=O)C(NC(=O)OC(C)(C)C)C(C)C)ccc12. The molecular weight excluding hydrogens is 386 g/mol. The van der Waals surface area contributed by atoms with Gasteiger partial charge in [-0.3, -0.25) is 0 Å². The van der Waals surface area contributed by atoms with Gasteiger partial charge in [0.25, 0.3) is 0 Å². The minimum absolute atomic E-state index is 0.0127. The summed E-state index contributed by atoms with van der Waals surface area (Å²) in [6, 6.07) is 3.73. The Labute approximate surface area is 167 Å². The summed E-state index contributed by atoms with van der Waals surface area (Å²) in [6.07, 6.45) is -0.710. The quantitative estimate of drug-likeness (QED) is 0.461. The molecule has 1 unspecified atom stereocenters. The standard InChI is InChI=1S/C20H24ClNO6/c1-10(2)16(22-19(25)28-20(4,5)6)18(24)26-12-7-8-13-11(3)15(21)17(23)27-14(13)9-12/h7-10,16H,1-6H3,(H,22,25). The normalized spacial score (nSPS) is 12.7. The largest absolute Gasteiger partial charge is 0.444 e. The number of amides is 1. The molecule has 7 nitrogen and oxygen atoms in total. The van der Waals surface area contributed by atoms with Crippen molar-refractivity contribution in [1.29, 1.82) is 0 Å². The number of rotatable bonds is 4. The Kier molecular flexibility index (Phi) is 6.39. The lowest BCUT2D eigenvalue weighted by atomic mass is 10.1. The number of aryl methyl sites for hydroxylation is 1. The maximum absolute atomic E-state index is 12.6. The van der Waals surface area contributed by atoms with Crippen molar-refractivity contribution >= 4 is 34.6 Å². The maximum atomic E-state index is 12.6. The van der Waals surface area contributed by atoms with Crippen LogP contribution in [0.15, 0.2) is 27.4 Å². The highest BCUT2D eigenvalue weighted by molar-refractivity contribution is 6.31. The molecule has 1 N–H and O–H groups in total. The number of esters is 1. The Hall–Kier alpha value is -2.54. The fourth-order valence-electron chi connectivity index (χ4n) is 2.49. The van der Waals surface area contributed by atoms with Crippen LogP contribution < -0.4 is 15.7 Å². The average molecular weight is 410 g/mol. The third-order valence-corrected chi connectivity index (χ3v) is 4.32. The number of hydrogen-bond acceptors (Lipinski definition) is 6. The van der Waals surface area contributed by atoms with Crippen molar-refractivity contribution in [1.82, 2.24) is 5.32 Å². The van der Waals surface area contributed by atoms with E-state index in [-0.39, 0.29) is 22.3 Å². The molecule has 0 saturated heterocycles.